The van der Waals surface area contributed by atoms with Crippen LogP contribution in [0.2, 0.25) is 0 Å². The second kappa shape index (κ2) is 6.01. The van der Waals surface area contributed by atoms with Gasteiger partial charge in [0.15, 0.2) is 0 Å². The van der Waals surface area contributed by atoms with Crippen molar-refractivity contribution in [3.05, 3.63) is 35.9 Å². The van der Waals surface area contributed by atoms with Gasteiger partial charge in [-0.1, -0.05) is 44.2 Å². The van der Waals surface area contributed by atoms with Crippen LogP contribution < -0.4 is 5.73 Å². The molecule has 0 amide bonds. The molecule has 1 rings (SSSR count). The van der Waals surface area contributed by atoms with Crippen molar-refractivity contribution in [1.29, 1.82) is 0 Å². The molecule has 0 aliphatic rings. The number of hydrogen-bond donors (Lipinski definition) is 1. The predicted octanol–water partition coefficient (Wildman–Crippen LogP) is 2.63. The van der Waals surface area contributed by atoms with E-state index in [0.717, 1.165) is 6.42 Å². The number of halogens is 1. The summed E-state index contributed by atoms with van der Waals surface area (Å²) in [4.78, 5) is 0. The molecule has 0 fully saturated rings. The van der Waals surface area contributed by atoms with E-state index in [1.54, 1.807) is 0 Å². The van der Waals surface area contributed by atoms with E-state index in [9.17, 15) is 0 Å². The summed E-state index contributed by atoms with van der Waals surface area (Å²) in [5.41, 5.74) is 7.28. The van der Waals surface area contributed by atoms with Gasteiger partial charge in [0.05, 0.1) is 0 Å². The zero-order valence-electron chi connectivity index (χ0n) is 8.23. The van der Waals surface area contributed by atoms with Gasteiger partial charge in [-0.05, 0) is 17.9 Å². The van der Waals surface area contributed by atoms with Crippen LogP contribution in [0.4, 0.5) is 0 Å². The zero-order valence-corrected chi connectivity index (χ0v) is 9.05. The Hall–Kier alpha value is -0.530. The van der Waals surface area contributed by atoms with Crippen molar-refractivity contribution in [3.63, 3.8) is 0 Å². The van der Waals surface area contributed by atoms with Crippen molar-refractivity contribution in [3.8, 4) is 0 Å². The van der Waals surface area contributed by atoms with Gasteiger partial charge in [-0.25, -0.2) is 0 Å². The Morgan fingerprint density at radius 2 is 1.69 bits per heavy atom. The van der Waals surface area contributed by atoms with Crippen molar-refractivity contribution >= 4 is 12.4 Å². The molecule has 0 spiro atoms. The fraction of sp³-hybridized carbons (Fsp3) is 0.455. The Morgan fingerprint density at radius 1 is 1.15 bits per heavy atom. The molecule has 0 heterocycles. The highest BCUT2D eigenvalue weighted by Crippen LogP contribution is 2.07. The minimum absolute atomic E-state index is 0. The van der Waals surface area contributed by atoms with Crippen LogP contribution in [0.1, 0.15) is 19.4 Å². The van der Waals surface area contributed by atoms with E-state index < -0.39 is 0 Å². The van der Waals surface area contributed by atoms with Crippen molar-refractivity contribution in [2.24, 2.45) is 11.7 Å². The smallest absolute Gasteiger partial charge is 0.0102 e. The van der Waals surface area contributed by atoms with E-state index in [1.165, 1.54) is 5.56 Å². The van der Waals surface area contributed by atoms with Crippen molar-refractivity contribution in [2.45, 2.75) is 26.3 Å². The molecule has 1 unspecified atom stereocenters. The summed E-state index contributed by atoms with van der Waals surface area (Å²) in [6.45, 7) is 4.32. The van der Waals surface area contributed by atoms with Gasteiger partial charge < -0.3 is 5.73 Å². The first-order valence-electron chi connectivity index (χ1n) is 4.49. The largest absolute Gasteiger partial charge is 0.327 e. The minimum Gasteiger partial charge on any atom is -0.327 e. The zero-order chi connectivity index (χ0) is 8.97. The fourth-order valence-electron chi connectivity index (χ4n) is 1.12. The lowest BCUT2D eigenvalue weighted by molar-refractivity contribution is 0.490. The molecule has 1 atom stereocenters. The Morgan fingerprint density at radius 3 is 2.15 bits per heavy atom. The van der Waals surface area contributed by atoms with E-state index in [4.69, 9.17) is 5.73 Å². The number of benzene rings is 1. The Kier molecular flexibility index (Phi) is 5.76. The Bertz CT molecular complexity index is 221. The highest BCUT2D eigenvalue weighted by Gasteiger charge is 2.07. The molecule has 0 saturated carbocycles. The number of hydrogen-bond acceptors (Lipinski definition) is 1. The Balaban J connectivity index is 0.00000144. The van der Waals surface area contributed by atoms with Crippen LogP contribution in [0.25, 0.3) is 0 Å². The molecule has 0 radical (unpaired) electrons. The summed E-state index contributed by atoms with van der Waals surface area (Å²) in [5, 5.41) is 0. The lowest BCUT2D eigenvalue weighted by Crippen LogP contribution is -2.28. The van der Waals surface area contributed by atoms with Crippen LogP contribution in [0.15, 0.2) is 30.3 Å². The summed E-state index contributed by atoms with van der Waals surface area (Å²) >= 11 is 0. The quantitative estimate of drug-likeness (QED) is 0.796. The van der Waals surface area contributed by atoms with Gasteiger partial charge in [-0.2, -0.15) is 0 Å². The van der Waals surface area contributed by atoms with Crippen LogP contribution in [-0.2, 0) is 6.42 Å². The van der Waals surface area contributed by atoms with Crippen molar-refractivity contribution in [1.82, 2.24) is 0 Å². The van der Waals surface area contributed by atoms with Crippen LogP contribution in [0.3, 0.4) is 0 Å². The van der Waals surface area contributed by atoms with Gasteiger partial charge in [0.25, 0.3) is 0 Å². The average molecular weight is 200 g/mol. The second-order valence-corrected chi connectivity index (χ2v) is 3.60. The van der Waals surface area contributed by atoms with Crippen LogP contribution in [0.5, 0.6) is 0 Å². The minimum atomic E-state index is 0. The van der Waals surface area contributed by atoms with E-state index in [-0.39, 0.29) is 18.4 Å². The van der Waals surface area contributed by atoms with Gasteiger partial charge in [0.2, 0.25) is 0 Å². The van der Waals surface area contributed by atoms with Gasteiger partial charge in [0, 0.05) is 6.04 Å². The average Bonchev–Trinajstić information content (AvgIpc) is 2.06. The monoisotopic (exact) mass is 199 g/mol. The molecule has 0 aliphatic carbocycles. The first-order valence-corrected chi connectivity index (χ1v) is 4.49. The van der Waals surface area contributed by atoms with Gasteiger partial charge in [-0.3, -0.25) is 0 Å². The molecule has 0 aromatic heterocycles. The van der Waals surface area contributed by atoms with Gasteiger partial charge in [-0.15, -0.1) is 12.4 Å². The lowest BCUT2D eigenvalue weighted by atomic mass is 9.98. The molecule has 1 aromatic carbocycles. The number of rotatable bonds is 3. The molecule has 1 aromatic rings. The predicted molar refractivity (Wildman–Crippen MR) is 60.2 cm³/mol. The highest BCUT2D eigenvalue weighted by atomic mass is 35.5. The van der Waals surface area contributed by atoms with Crippen molar-refractivity contribution < 1.29 is 0 Å². The van der Waals surface area contributed by atoms with Crippen molar-refractivity contribution in [2.75, 3.05) is 0 Å². The van der Waals surface area contributed by atoms with E-state index in [2.05, 4.69) is 38.1 Å². The third-order valence-corrected chi connectivity index (χ3v) is 2.17. The molecular formula is C11H18ClN. The third-order valence-electron chi connectivity index (χ3n) is 2.17. The molecule has 13 heavy (non-hydrogen) atoms. The molecule has 0 aliphatic heterocycles. The first kappa shape index (κ1) is 12.5. The normalized spacial score (nSPS) is 12.3. The van der Waals surface area contributed by atoms with E-state index in [0.29, 0.717) is 5.92 Å². The summed E-state index contributed by atoms with van der Waals surface area (Å²) < 4.78 is 0. The maximum atomic E-state index is 5.95. The SMILES string of the molecule is CC(C)C(N)Cc1ccccc1.Cl. The Labute approximate surface area is 86.7 Å². The maximum absolute atomic E-state index is 5.95. The van der Waals surface area contributed by atoms with Crippen LogP contribution >= 0.6 is 12.4 Å². The molecule has 0 saturated heterocycles. The summed E-state index contributed by atoms with van der Waals surface area (Å²) in [6, 6.07) is 10.7. The summed E-state index contributed by atoms with van der Waals surface area (Å²) in [5.74, 6) is 0.560. The highest BCUT2D eigenvalue weighted by molar-refractivity contribution is 5.85. The lowest BCUT2D eigenvalue weighted by Gasteiger charge is -2.14. The number of nitrogens with two attached hydrogens (primary N) is 1. The second-order valence-electron chi connectivity index (χ2n) is 3.60. The van der Waals surface area contributed by atoms with E-state index >= 15 is 0 Å². The molecular weight excluding hydrogens is 182 g/mol. The topological polar surface area (TPSA) is 26.0 Å². The van der Waals surface area contributed by atoms with Gasteiger partial charge in [0.1, 0.15) is 0 Å². The first-order chi connectivity index (χ1) is 5.70. The fourth-order valence-corrected chi connectivity index (χ4v) is 1.12. The maximum Gasteiger partial charge on any atom is 0.0102 e. The third kappa shape index (κ3) is 4.30. The summed E-state index contributed by atoms with van der Waals surface area (Å²) in [7, 11) is 0. The summed E-state index contributed by atoms with van der Waals surface area (Å²) in [6.07, 6.45) is 0.985. The molecule has 2 heteroatoms. The van der Waals surface area contributed by atoms with E-state index in [1.807, 2.05) is 6.07 Å². The molecule has 2 N–H and O–H groups in total. The molecule has 0 bridgehead atoms. The standard InChI is InChI=1S/C11H17N.ClH/c1-9(2)11(12)8-10-6-4-3-5-7-10;/h3-7,9,11H,8,12H2,1-2H3;1H. The van der Waals surface area contributed by atoms with Crippen LogP contribution in [0, 0.1) is 5.92 Å². The van der Waals surface area contributed by atoms with Crippen LogP contribution in [-0.4, -0.2) is 6.04 Å². The molecule has 1 nitrogen and oxygen atoms in total. The molecule has 74 valence electrons. The van der Waals surface area contributed by atoms with Gasteiger partial charge >= 0.3 is 0 Å².